The first kappa shape index (κ1) is 22.2. The molecule has 0 saturated heterocycles. The number of amides is 1. The van der Waals surface area contributed by atoms with Gasteiger partial charge in [-0.15, -0.1) is 0 Å². The Balaban J connectivity index is 1.77. The minimum Gasteiger partial charge on any atom is -0.397 e. The van der Waals surface area contributed by atoms with E-state index in [1.807, 2.05) is 0 Å². The number of para-hydroxylation sites is 2. The molecule has 9 nitrogen and oxygen atoms in total. The molecule has 0 aliphatic carbocycles. The number of nitrogens with one attached hydrogen (secondary N) is 1. The Morgan fingerprint density at radius 1 is 1.03 bits per heavy atom. The summed E-state index contributed by atoms with van der Waals surface area (Å²) >= 11 is 5.89. The number of Topliss-reactive ketones (excluding diaryl/α,β-unsaturated/α-hetero) is 1. The first-order chi connectivity index (χ1) is 14.7. The van der Waals surface area contributed by atoms with Gasteiger partial charge in [-0.1, -0.05) is 35.9 Å². The normalized spacial score (nSPS) is 11.0. The van der Waals surface area contributed by atoms with E-state index in [1.54, 1.807) is 24.3 Å². The maximum atomic E-state index is 12.6. The number of hydrogen-bond acceptors (Lipinski definition) is 6. The average molecular weight is 461 g/mol. The molecule has 3 aromatic rings. The van der Waals surface area contributed by atoms with Crippen molar-refractivity contribution in [2.75, 3.05) is 21.9 Å². The van der Waals surface area contributed by atoms with Crippen LogP contribution in [0.2, 0.25) is 5.15 Å². The molecule has 160 valence electrons. The number of aromatic nitrogens is 1. The van der Waals surface area contributed by atoms with E-state index < -0.39 is 28.5 Å². The van der Waals surface area contributed by atoms with Gasteiger partial charge in [0.1, 0.15) is 0 Å². The summed E-state index contributed by atoms with van der Waals surface area (Å²) in [6.07, 6.45) is 1.34. The third-order valence-corrected chi connectivity index (χ3v) is 5.43. The molecule has 0 aliphatic rings. The number of rotatable bonds is 7. The summed E-state index contributed by atoms with van der Waals surface area (Å²) in [5.74, 6) is -1.06. The highest BCUT2D eigenvalue weighted by Gasteiger charge is 2.26. The maximum Gasteiger partial charge on any atom is 0.360 e. The van der Waals surface area contributed by atoms with Crippen molar-refractivity contribution >= 4 is 50.7 Å². The molecule has 0 atom stereocenters. The van der Waals surface area contributed by atoms with Crippen molar-refractivity contribution < 1.29 is 22.6 Å². The number of nitrogens with two attached hydrogens (primary N) is 1. The van der Waals surface area contributed by atoms with Crippen LogP contribution in [0, 0.1) is 0 Å². The third kappa shape index (κ3) is 5.37. The average Bonchev–Trinajstić information content (AvgIpc) is 2.73. The minimum atomic E-state index is -4.79. The van der Waals surface area contributed by atoms with Gasteiger partial charge in [0.05, 0.1) is 23.6 Å². The van der Waals surface area contributed by atoms with Crippen molar-refractivity contribution in [1.29, 1.82) is 0 Å². The first-order valence-electron chi connectivity index (χ1n) is 8.81. The lowest BCUT2D eigenvalue weighted by Gasteiger charge is -2.20. The zero-order chi connectivity index (χ0) is 22.6. The van der Waals surface area contributed by atoms with Crippen LogP contribution in [-0.2, 0) is 10.3 Å². The Labute approximate surface area is 183 Å². The molecule has 31 heavy (non-hydrogen) atoms. The summed E-state index contributed by atoms with van der Waals surface area (Å²) in [4.78, 5) is 28.7. The number of halogens is 1. The highest BCUT2D eigenvalue weighted by atomic mass is 35.5. The lowest BCUT2D eigenvalue weighted by Crippen LogP contribution is -2.35. The van der Waals surface area contributed by atoms with Gasteiger partial charge in [0.25, 0.3) is 5.91 Å². The van der Waals surface area contributed by atoms with Gasteiger partial charge in [-0.25, -0.2) is 9.29 Å². The van der Waals surface area contributed by atoms with Crippen LogP contribution in [0.5, 0.6) is 0 Å². The van der Waals surface area contributed by atoms with Gasteiger partial charge in [0.2, 0.25) is 0 Å². The third-order valence-electron chi connectivity index (χ3n) is 4.25. The Morgan fingerprint density at radius 2 is 1.68 bits per heavy atom. The summed E-state index contributed by atoms with van der Waals surface area (Å²) < 4.78 is 33.5. The fraction of sp³-hybridized carbons (Fsp3) is 0.0500. The lowest BCUT2D eigenvalue weighted by molar-refractivity contribution is 0.0997. The molecule has 1 amide bonds. The fourth-order valence-corrected chi connectivity index (χ4v) is 3.64. The summed E-state index contributed by atoms with van der Waals surface area (Å²) in [7, 11) is -4.79. The molecule has 0 unspecified atom stereocenters. The quantitative estimate of drug-likeness (QED) is 0.213. The molecular formula is C20H17ClN4O5S. The van der Waals surface area contributed by atoms with Gasteiger partial charge >= 0.3 is 10.3 Å². The monoisotopic (exact) mass is 460 g/mol. The predicted molar refractivity (Wildman–Crippen MR) is 118 cm³/mol. The Kier molecular flexibility index (Phi) is 6.54. The van der Waals surface area contributed by atoms with E-state index in [4.69, 9.17) is 17.3 Å². The highest BCUT2D eigenvalue weighted by Crippen LogP contribution is 2.25. The summed E-state index contributed by atoms with van der Waals surface area (Å²) in [5, 5.41) is 2.47. The van der Waals surface area contributed by atoms with Crippen LogP contribution in [0.4, 0.5) is 17.1 Å². The highest BCUT2D eigenvalue weighted by molar-refractivity contribution is 7.87. The number of nitrogen functional groups attached to an aromatic ring is 1. The largest absolute Gasteiger partial charge is 0.397 e. The number of anilines is 3. The van der Waals surface area contributed by atoms with Crippen molar-refractivity contribution in [3.63, 3.8) is 0 Å². The summed E-state index contributed by atoms with van der Waals surface area (Å²) in [6.45, 7) is -0.712. The number of benzene rings is 2. The van der Waals surface area contributed by atoms with Crippen molar-refractivity contribution in [2.45, 2.75) is 0 Å². The van der Waals surface area contributed by atoms with Crippen LogP contribution < -0.4 is 15.4 Å². The molecule has 11 heteroatoms. The van der Waals surface area contributed by atoms with Crippen molar-refractivity contribution in [1.82, 2.24) is 4.98 Å². The Bertz CT molecular complexity index is 1230. The van der Waals surface area contributed by atoms with Crippen LogP contribution in [0.1, 0.15) is 20.7 Å². The molecule has 1 aromatic heterocycles. The van der Waals surface area contributed by atoms with Crippen LogP contribution in [-0.4, -0.2) is 36.2 Å². The fourth-order valence-electron chi connectivity index (χ4n) is 2.69. The number of carbonyl (C=O) groups excluding carboxylic acids is 2. The predicted octanol–water partition coefficient (Wildman–Crippen LogP) is 3.06. The molecule has 0 radical (unpaired) electrons. The minimum absolute atomic E-state index is 0.129. The van der Waals surface area contributed by atoms with Gasteiger partial charge in [-0.3, -0.25) is 14.1 Å². The van der Waals surface area contributed by atoms with Crippen molar-refractivity contribution in [3.8, 4) is 0 Å². The second kappa shape index (κ2) is 9.13. The summed E-state index contributed by atoms with van der Waals surface area (Å²) in [5.41, 5.74) is 6.91. The van der Waals surface area contributed by atoms with E-state index in [-0.39, 0.29) is 22.0 Å². The molecule has 0 aliphatic heterocycles. The van der Waals surface area contributed by atoms with Crippen LogP contribution >= 0.6 is 11.6 Å². The van der Waals surface area contributed by atoms with E-state index in [1.165, 1.54) is 42.6 Å². The van der Waals surface area contributed by atoms with Crippen LogP contribution in [0.15, 0.2) is 66.9 Å². The number of hydrogen-bond donors (Lipinski definition) is 3. The molecule has 0 spiro atoms. The zero-order valence-corrected chi connectivity index (χ0v) is 17.5. The van der Waals surface area contributed by atoms with Crippen molar-refractivity contribution in [2.24, 2.45) is 0 Å². The van der Waals surface area contributed by atoms with E-state index in [0.717, 1.165) is 0 Å². The number of nitrogens with zero attached hydrogens (tertiary/aromatic N) is 2. The second-order valence-corrected chi connectivity index (χ2v) is 8.03. The molecule has 4 N–H and O–H groups in total. The van der Waals surface area contributed by atoms with Gasteiger partial charge in [-0.05, 0) is 36.4 Å². The molecule has 1 heterocycles. The smallest absolute Gasteiger partial charge is 0.360 e. The maximum absolute atomic E-state index is 12.6. The van der Waals surface area contributed by atoms with Gasteiger partial charge in [-0.2, -0.15) is 8.42 Å². The lowest BCUT2D eigenvalue weighted by atomic mass is 10.1. The number of ketones is 1. The molecular weight excluding hydrogens is 444 g/mol. The van der Waals surface area contributed by atoms with Crippen LogP contribution in [0.3, 0.4) is 0 Å². The molecule has 3 rings (SSSR count). The van der Waals surface area contributed by atoms with Crippen molar-refractivity contribution in [3.05, 3.63) is 83.1 Å². The van der Waals surface area contributed by atoms with E-state index in [9.17, 15) is 22.6 Å². The van der Waals surface area contributed by atoms with Gasteiger partial charge < -0.3 is 11.1 Å². The van der Waals surface area contributed by atoms with Gasteiger partial charge in [0.15, 0.2) is 10.9 Å². The first-order valence-corrected chi connectivity index (χ1v) is 10.6. The Morgan fingerprint density at radius 3 is 2.29 bits per heavy atom. The van der Waals surface area contributed by atoms with E-state index in [2.05, 4.69) is 10.3 Å². The molecule has 2 aromatic carbocycles. The molecule has 0 fully saturated rings. The van der Waals surface area contributed by atoms with E-state index >= 15 is 0 Å². The Hall–Kier alpha value is -3.47. The summed E-state index contributed by atoms with van der Waals surface area (Å²) in [6, 6.07) is 15.1. The van der Waals surface area contributed by atoms with E-state index in [0.29, 0.717) is 15.7 Å². The molecule has 0 bridgehead atoms. The SMILES string of the molecule is Nc1ccccc1NC(=O)c1ccc(C(=O)CN(c2cccnc2Cl)S(=O)(=O)O)cc1. The number of carbonyl (C=O) groups is 2. The zero-order valence-electron chi connectivity index (χ0n) is 15.9. The topological polar surface area (TPSA) is 143 Å². The van der Waals surface area contributed by atoms with Gasteiger partial charge in [0, 0.05) is 17.3 Å². The van der Waals surface area contributed by atoms with Crippen LogP contribution in [0.25, 0.3) is 0 Å². The molecule has 0 saturated carbocycles. The second-order valence-electron chi connectivity index (χ2n) is 6.34. The standard InChI is InChI=1S/C20H17ClN4O5S/c21-19-17(6-3-11-23-19)25(31(28,29)30)12-18(26)13-7-9-14(10-8-13)20(27)24-16-5-2-1-4-15(16)22/h1-11H,12,22H2,(H,24,27)(H,28,29,30). The number of pyridine rings is 1.